The Morgan fingerprint density at radius 2 is 2.26 bits per heavy atom. The van der Waals surface area contributed by atoms with Crippen LogP contribution in [-0.4, -0.2) is 24.7 Å². The zero-order chi connectivity index (χ0) is 13.4. The SMILES string of the molecule is Cc1nc(Cn2c(C(C)Cl)nc3cccnc32)no1. The number of halogens is 1. The van der Waals surface area contributed by atoms with Gasteiger partial charge in [0.25, 0.3) is 0 Å². The van der Waals surface area contributed by atoms with Crippen LogP contribution in [0.25, 0.3) is 11.2 Å². The third-order valence-electron chi connectivity index (χ3n) is 2.76. The van der Waals surface area contributed by atoms with Crippen LogP contribution in [0.3, 0.4) is 0 Å². The second kappa shape index (κ2) is 4.62. The van der Waals surface area contributed by atoms with Gasteiger partial charge in [0.2, 0.25) is 5.89 Å². The minimum absolute atomic E-state index is 0.220. The topological polar surface area (TPSA) is 69.6 Å². The minimum atomic E-state index is -0.220. The molecule has 0 radical (unpaired) electrons. The molecule has 1 atom stereocenters. The predicted octanol–water partition coefficient (Wildman–Crippen LogP) is 2.47. The summed E-state index contributed by atoms with van der Waals surface area (Å²) < 4.78 is 6.89. The number of nitrogens with zero attached hydrogens (tertiary/aromatic N) is 5. The molecule has 3 aromatic heterocycles. The van der Waals surface area contributed by atoms with Crippen molar-refractivity contribution in [1.29, 1.82) is 0 Å². The summed E-state index contributed by atoms with van der Waals surface area (Å²) in [6.07, 6.45) is 1.73. The molecule has 0 aliphatic rings. The molecular weight excluding hydrogens is 266 g/mol. The van der Waals surface area contributed by atoms with E-state index in [0.29, 0.717) is 18.3 Å². The van der Waals surface area contributed by atoms with Crippen molar-refractivity contribution in [3.63, 3.8) is 0 Å². The van der Waals surface area contributed by atoms with Crippen LogP contribution in [0, 0.1) is 6.92 Å². The summed E-state index contributed by atoms with van der Waals surface area (Å²) in [5, 5.41) is 3.67. The smallest absolute Gasteiger partial charge is 0.223 e. The fraction of sp³-hybridized carbons (Fsp3) is 0.333. The zero-order valence-corrected chi connectivity index (χ0v) is 11.3. The molecule has 3 rings (SSSR count). The maximum Gasteiger partial charge on any atom is 0.223 e. The van der Waals surface area contributed by atoms with Crippen LogP contribution >= 0.6 is 11.6 Å². The third kappa shape index (κ3) is 2.19. The first kappa shape index (κ1) is 12.1. The van der Waals surface area contributed by atoms with Crippen molar-refractivity contribution in [1.82, 2.24) is 24.7 Å². The van der Waals surface area contributed by atoms with Crippen LogP contribution in [0.1, 0.15) is 29.8 Å². The van der Waals surface area contributed by atoms with Gasteiger partial charge in [-0.05, 0) is 19.1 Å². The first-order valence-corrected chi connectivity index (χ1v) is 6.33. The molecule has 19 heavy (non-hydrogen) atoms. The Morgan fingerprint density at radius 3 is 2.95 bits per heavy atom. The second-order valence-corrected chi connectivity index (χ2v) is 4.90. The largest absolute Gasteiger partial charge is 0.340 e. The van der Waals surface area contributed by atoms with Gasteiger partial charge in [-0.2, -0.15) is 4.98 Å². The Morgan fingerprint density at radius 1 is 1.42 bits per heavy atom. The lowest BCUT2D eigenvalue weighted by molar-refractivity contribution is 0.386. The van der Waals surface area contributed by atoms with E-state index in [1.165, 1.54) is 0 Å². The summed E-state index contributed by atoms with van der Waals surface area (Å²) in [5.41, 5.74) is 1.58. The Kier molecular flexibility index (Phi) is 2.94. The summed E-state index contributed by atoms with van der Waals surface area (Å²) >= 11 is 6.18. The highest BCUT2D eigenvalue weighted by molar-refractivity contribution is 6.20. The van der Waals surface area contributed by atoms with E-state index in [2.05, 4.69) is 20.1 Å². The molecule has 3 aromatic rings. The van der Waals surface area contributed by atoms with Crippen molar-refractivity contribution in [3.05, 3.63) is 35.9 Å². The van der Waals surface area contributed by atoms with Crippen molar-refractivity contribution in [3.8, 4) is 0 Å². The highest BCUT2D eigenvalue weighted by Crippen LogP contribution is 2.23. The maximum absolute atomic E-state index is 6.18. The average Bonchev–Trinajstić information content (AvgIpc) is 2.95. The molecule has 7 heteroatoms. The molecule has 0 bridgehead atoms. The van der Waals surface area contributed by atoms with E-state index >= 15 is 0 Å². The Hall–Kier alpha value is -1.95. The van der Waals surface area contributed by atoms with Gasteiger partial charge >= 0.3 is 0 Å². The van der Waals surface area contributed by atoms with Gasteiger partial charge in [-0.3, -0.25) is 0 Å². The van der Waals surface area contributed by atoms with Gasteiger partial charge in [-0.25, -0.2) is 9.97 Å². The van der Waals surface area contributed by atoms with Gasteiger partial charge < -0.3 is 9.09 Å². The Labute approximate surface area is 114 Å². The lowest BCUT2D eigenvalue weighted by Crippen LogP contribution is -2.07. The maximum atomic E-state index is 6.18. The molecular formula is C12H12ClN5O. The van der Waals surface area contributed by atoms with Gasteiger partial charge in [-0.15, -0.1) is 11.6 Å². The molecule has 1 unspecified atom stereocenters. The van der Waals surface area contributed by atoms with E-state index in [1.807, 2.05) is 23.6 Å². The van der Waals surface area contributed by atoms with Crippen LogP contribution in [-0.2, 0) is 6.54 Å². The molecule has 0 N–H and O–H groups in total. The van der Waals surface area contributed by atoms with E-state index in [9.17, 15) is 0 Å². The summed E-state index contributed by atoms with van der Waals surface area (Å²) in [6, 6.07) is 3.75. The molecule has 0 aliphatic carbocycles. The van der Waals surface area contributed by atoms with Gasteiger partial charge in [-0.1, -0.05) is 5.16 Å². The summed E-state index contributed by atoms with van der Waals surface area (Å²) in [7, 11) is 0. The molecule has 0 fully saturated rings. The standard InChI is InChI=1S/C12H12ClN5O/c1-7(13)11-16-9-4-3-5-14-12(9)18(11)6-10-15-8(2)19-17-10/h3-5,7H,6H2,1-2H3. The number of pyridine rings is 1. The van der Waals surface area contributed by atoms with Gasteiger partial charge in [0.05, 0.1) is 11.9 Å². The van der Waals surface area contributed by atoms with Crippen LogP contribution in [0.15, 0.2) is 22.9 Å². The molecule has 0 spiro atoms. The fourth-order valence-corrected chi connectivity index (χ4v) is 2.15. The van der Waals surface area contributed by atoms with Crippen LogP contribution in [0.5, 0.6) is 0 Å². The van der Waals surface area contributed by atoms with Crippen molar-refractivity contribution in [2.75, 3.05) is 0 Å². The van der Waals surface area contributed by atoms with E-state index < -0.39 is 0 Å². The summed E-state index contributed by atoms with van der Waals surface area (Å²) in [5.74, 6) is 1.87. The van der Waals surface area contributed by atoms with E-state index in [4.69, 9.17) is 16.1 Å². The predicted molar refractivity (Wildman–Crippen MR) is 69.9 cm³/mol. The monoisotopic (exact) mass is 277 g/mol. The van der Waals surface area contributed by atoms with Gasteiger partial charge in [0, 0.05) is 13.1 Å². The molecule has 98 valence electrons. The fourth-order valence-electron chi connectivity index (χ4n) is 1.98. The zero-order valence-electron chi connectivity index (χ0n) is 10.5. The number of alkyl halides is 1. The van der Waals surface area contributed by atoms with Crippen molar-refractivity contribution in [2.45, 2.75) is 25.8 Å². The minimum Gasteiger partial charge on any atom is -0.340 e. The van der Waals surface area contributed by atoms with E-state index in [0.717, 1.165) is 17.0 Å². The number of rotatable bonds is 3. The lowest BCUT2D eigenvalue weighted by Gasteiger charge is -2.06. The Balaban J connectivity index is 2.12. The summed E-state index contributed by atoms with van der Waals surface area (Å²) in [6.45, 7) is 4.07. The number of hydrogen-bond acceptors (Lipinski definition) is 5. The summed E-state index contributed by atoms with van der Waals surface area (Å²) in [4.78, 5) is 13.0. The lowest BCUT2D eigenvalue weighted by atomic mass is 10.4. The third-order valence-corrected chi connectivity index (χ3v) is 2.95. The molecule has 0 saturated heterocycles. The normalized spacial score (nSPS) is 13.0. The number of aromatic nitrogens is 5. The van der Waals surface area contributed by atoms with Crippen molar-refractivity contribution in [2.24, 2.45) is 0 Å². The van der Waals surface area contributed by atoms with Gasteiger partial charge in [0.15, 0.2) is 11.5 Å². The van der Waals surface area contributed by atoms with Crippen LogP contribution < -0.4 is 0 Å². The quantitative estimate of drug-likeness (QED) is 0.688. The first-order chi connectivity index (χ1) is 9.15. The number of hydrogen-bond donors (Lipinski definition) is 0. The number of imidazole rings is 1. The van der Waals surface area contributed by atoms with Crippen LogP contribution in [0.2, 0.25) is 0 Å². The van der Waals surface area contributed by atoms with Crippen LogP contribution in [0.4, 0.5) is 0 Å². The van der Waals surface area contributed by atoms with E-state index in [1.54, 1.807) is 13.1 Å². The molecule has 0 amide bonds. The number of fused-ring (bicyclic) bond motifs is 1. The molecule has 0 aliphatic heterocycles. The highest BCUT2D eigenvalue weighted by Gasteiger charge is 2.17. The average molecular weight is 278 g/mol. The molecule has 6 nitrogen and oxygen atoms in total. The van der Waals surface area contributed by atoms with Crippen molar-refractivity contribution < 1.29 is 4.52 Å². The highest BCUT2D eigenvalue weighted by atomic mass is 35.5. The Bertz CT molecular complexity index is 718. The molecule has 0 saturated carbocycles. The molecule has 0 aromatic carbocycles. The van der Waals surface area contributed by atoms with Crippen molar-refractivity contribution >= 4 is 22.8 Å². The second-order valence-electron chi connectivity index (χ2n) is 4.25. The van der Waals surface area contributed by atoms with E-state index in [-0.39, 0.29) is 5.38 Å². The van der Waals surface area contributed by atoms with Gasteiger partial charge in [0.1, 0.15) is 11.3 Å². The first-order valence-electron chi connectivity index (χ1n) is 5.89. The molecule has 3 heterocycles. The number of aryl methyl sites for hydroxylation is 1.